The van der Waals surface area contributed by atoms with E-state index < -0.39 is 0 Å². The van der Waals surface area contributed by atoms with Gasteiger partial charge in [0.2, 0.25) is 0 Å². The van der Waals surface area contributed by atoms with Crippen LogP contribution in [0.3, 0.4) is 0 Å². The van der Waals surface area contributed by atoms with Crippen LogP contribution in [0.4, 0.5) is 28.4 Å². The van der Waals surface area contributed by atoms with Gasteiger partial charge in [-0.15, -0.1) is 0 Å². The zero-order valence-electron chi connectivity index (χ0n) is 27.1. The SMILES string of the molecule is CC(C)(C)c1ccc(N2B3c4ccccc4N(c4ccc5ccccc5c4C(C)(C)C)c4cccc(c43)-c3ccccc32)cc1. The number of para-hydroxylation sites is 2. The second-order valence-electron chi connectivity index (χ2n) is 14.6. The number of hydrogen-bond acceptors (Lipinski definition) is 2. The molecule has 0 N–H and O–H groups in total. The third-order valence-corrected chi connectivity index (χ3v) is 9.69. The van der Waals surface area contributed by atoms with Crippen molar-refractivity contribution in [2.45, 2.75) is 52.4 Å². The predicted molar refractivity (Wildman–Crippen MR) is 195 cm³/mol. The van der Waals surface area contributed by atoms with Crippen molar-refractivity contribution < 1.29 is 0 Å². The predicted octanol–water partition coefficient (Wildman–Crippen LogP) is 10.1. The summed E-state index contributed by atoms with van der Waals surface area (Å²) in [6.45, 7) is 13.9. The molecule has 6 aromatic carbocycles. The van der Waals surface area contributed by atoms with E-state index in [0.717, 1.165) is 0 Å². The molecule has 0 radical (unpaired) electrons. The second kappa shape index (κ2) is 9.87. The van der Waals surface area contributed by atoms with Crippen LogP contribution in [-0.2, 0) is 10.8 Å². The quantitative estimate of drug-likeness (QED) is 0.188. The fraction of sp³-hybridized carbons (Fsp3) is 0.190. The van der Waals surface area contributed by atoms with Crippen LogP contribution in [-0.4, -0.2) is 6.85 Å². The topological polar surface area (TPSA) is 6.48 Å². The first-order chi connectivity index (χ1) is 21.6. The minimum Gasteiger partial charge on any atom is -0.376 e. The van der Waals surface area contributed by atoms with E-state index >= 15 is 0 Å². The molecule has 0 spiro atoms. The minimum absolute atomic E-state index is 0.0394. The van der Waals surface area contributed by atoms with Gasteiger partial charge in [-0.3, -0.25) is 0 Å². The van der Waals surface area contributed by atoms with Gasteiger partial charge in [0.1, 0.15) is 0 Å². The summed E-state index contributed by atoms with van der Waals surface area (Å²) >= 11 is 0. The van der Waals surface area contributed by atoms with Gasteiger partial charge in [0.25, 0.3) is 0 Å². The van der Waals surface area contributed by atoms with Crippen molar-refractivity contribution in [1.82, 2.24) is 0 Å². The first-order valence-corrected chi connectivity index (χ1v) is 16.2. The molecule has 0 saturated carbocycles. The molecular formula is C42H39BN2. The molecule has 2 nitrogen and oxygen atoms in total. The third kappa shape index (κ3) is 4.25. The van der Waals surface area contributed by atoms with Gasteiger partial charge in [-0.05, 0) is 85.6 Å². The average Bonchev–Trinajstić information content (AvgIpc) is 3.03. The monoisotopic (exact) mass is 582 g/mol. The van der Waals surface area contributed by atoms with Gasteiger partial charge in [-0.25, -0.2) is 0 Å². The Balaban J connectivity index is 1.43. The van der Waals surface area contributed by atoms with Crippen molar-refractivity contribution in [3.63, 3.8) is 0 Å². The van der Waals surface area contributed by atoms with Crippen LogP contribution in [0.5, 0.6) is 0 Å². The molecular weight excluding hydrogens is 543 g/mol. The summed E-state index contributed by atoms with van der Waals surface area (Å²) in [4.78, 5) is 5.13. The lowest BCUT2D eigenvalue weighted by Crippen LogP contribution is -2.61. The summed E-state index contributed by atoms with van der Waals surface area (Å²) in [7, 11) is 0. The second-order valence-corrected chi connectivity index (χ2v) is 14.6. The summed E-state index contributed by atoms with van der Waals surface area (Å²) in [6.07, 6.45) is 0. The fourth-order valence-electron chi connectivity index (χ4n) is 7.70. The highest BCUT2D eigenvalue weighted by molar-refractivity contribution is 6.93. The summed E-state index contributed by atoms with van der Waals surface area (Å²) in [6, 6.07) is 47.6. The summed E-state index contributed by atoms with van der Waals surface area (Å²) in [5, 5.41) is 2.60. The Labute approximate surface area is 268 Å². The molecule has 0 amide bonds. The van der Waals surface area contributed by atoms with Crippen molar-refractivity contribution in [2.24, 2.45) is 0 Å². The molecule has 45 heavy (non-hydrogen) atoms. The van der Waals surface area contributed by atoms with Crippen LogP contribution in [0.25, 0.3) is 21.9 Å². The molecule has 0 atom stereocenters. The van der Waals surface area contributed by atoms with Gasteiger partial charge in [0.05, 0.1) is 5.69 Å². The van der Waals surface area contributed by atoms with Crippen LogP contribution in [0, 0.1) is 0 Å². The normalized spacial score (nSPS) is 13.9. The zero-order chi connectivity index (χ0) is 31.1. The van der Waals surface area contributed by atoms with Crippen molar-refractivity contribution >= 4 is 57.0 Å². The molecule has 0 saturated heterocycles. The van der Waals surface area contributed by atoms with Crippen LogP contribution in [0.1, 0.15) is 52.7 Å². The van der Waals surface area contributed by atoms with Crippen LogP contribution in [0.2, 0.25) is 0 Å². The Kier molecular flexibility index (Phi) is 6.09. The molecule has 0 aromatic heterocycles. The highest BCUT2D eigenvalue weighted by Crippen LogP contribution is 2.49. The number of rotatable bonds is 2. The van der Waals surface area contributed by atoms with Gasteiger partial charge in [-0.2, -0.15) is 0 Å². The van der Waals surface area contributed by atoms with Crippen molar-refractivity contribution in [3.05, 3.63) is 139 Å². The number of benzene rings is 6. The van der Waals surface area contributed by atoms with Crippen molar-refractivity contribution in [1.29, 1.82) is 0 Å². The molecule has 8 rings (SSSR count). The molecule has 0 bridgehead atoms. The minimum atomic E-state index is -0.0652. The molecule has 2 aliphatic rings. The van der Waals surface area contributed by atoms with Crippen molar-refractivity contribution in [2.75, 3.05) is 9.71 Å². The van der Waals surface area contributed by atoms with Crippen molar-refractivity contribution in [3.8, 4) is 11.1 Å². The lowest BCUT2D eigenvalue weighted by atomic mass is 9.43. The lowest BCUT2D eigenvalue weighted by Gasteiger charge is -2.46. The molecule has 0 fully saturated rings. The molecule has 3 heteroatoms. The first kappa shape index (κ1) is 27.8. The third-order valence-electron chi connectivity index (χ3n) is 9.69. The Morgan fingerprint density at radius 1 is 0.489 bits per heavy atom. The van der Waals surface area contributed by atoms with Crippen LogP contribution >= 0.6 is 0 Å². The number of anilines is 5. The zero-order valence-corrected chi connectivity index (χ0v) is 27.1. The van der Waals surface area contributed by atoms with Gasteiger partial charge in [-0.1, -0.05) is 133 Å². The van der Waals surface area contributed by atoms with E-state index in [1.54, 1.807) is 0 Å². The van der Waals surface area contributed by atoms with E-state index in [-0.39, 0.29) is 17.7 Å². The molecule has 2 heterocycles. The maximum Gasteiger partial charge on any atom is 0.333 e. The van der Waals surface area contributed by atoms with E-state index in [9.17, 15) is 0 Å². The van der Waals surface area contributed by atoms with E-state index in [4.69, 9.17) is 0 Å². The highest BCUT2D eigenvalue weighted by Gasteiger charge is 2.45. The standard InChI is InChI=1S/C42H39BN2/c1-41(2,3)29-23-25-30(26-24-29)45-35-19-11-9-16-32(35)33-17-13-21-38-40(33)43(45)34-18-10-12-20-36(34)44(38)37-27-22-28-14-7-8-15-31(28)39(37)42(4,5)6/h7-27H,1-6H3. The van der Waals surface area contributed by atoms with Crippen LogP contribution in [0.15, 0.2) is 127 Å². The summed E-state index contributed by atoms with van der Waals surface area (Å²) < 4.78 is 0. The Morgan fingerprint density at radius 3 is 1.89 bits per heavy atom. The maximum absolute atomic E-state index is 2.58. The molecule has 220 valence electrons. The molecule has 0 aliphatic carbocycles. The van der Waals surface area contributed by atoms with E-state index in [2.05, 4.69) is 179 Å². The Bertz CT molecular complexity index is 2100. The number of hydrogen-bond donors (Lipinski definition) is 0. The fourth-order valence-corrected chi connectivity index (χ4v) is 7.70. The number of fused-ring (bicyclic) bond motifs is 5. The molecule has 0 unspecified atom stereocenters. The number of nitrogens with zero attached hydrogens (tertiary/aromatic N) is 2. The maximum atomic E-state index is 2.58. The van der Waals surface area contributed by atoms with E-state index in [1.807, 2.05) is 0 Å². The largest absolute Gasteiger partial charge is 0.376 e. The summed E-state index contributed by atoms with van der Waals surface area (Å²) in [5.41, 5.74) is 14.2. The Hall–Kier alpha value is -4.76. The lowest BCUT2D eigenvalue weighted by molar-refractivity contribution is 0.590. The van der Waals surface area contributed by atoms with E-state index in [1.165, 1.54) is 72.4 Å². The molecule has 2 aliphatic heterocycles. The average molecular weight is 583 g/mol. The van der Waals surface area contributed by atoms with Gasteiger partial charge >= 0.3 is 6.85 Å². The van der Waals surface area contributed by atoms with E-state index in [0.29, 0.717) is 0 Å². The van der Waals surface area contributed by atoms with Gasteiger partial charge in [0.15, 0.2) is 0 Å². The molecule has 6 aromatic rings. The first-order valence-electron chi connectivity index (χ1n) is 16.2. The van der Waals surface area contributed by atoms with Crippen LogP contribution < -0.4 is 20.6 Å². The van der Waals surface area contributed by atoms with Gasteiger partial charge < -0.3 is 9.71 Å². The smallest absolute Gasteiger partial charge is 0.333 e. The summed E-state index contributed by atoms with van der Waals surface area (Å²) in [5.74, 6) is 0. The Morgan fingerprint density at radius 2 is 1.13 bits per heavy atom. The van der Waals surface area contributed by atoms with Gasteiger partial charge in [0, 0.05) is 28.3 Å². The highest BCUT2D eigenvalue weighted by atomic mass is 15.2.